The number of hydrogen-bond acceptors (Lipinski definition) is 3. The Kier molecular flexibility index (Phi) is 3.89. The van der Waals surface area contributed by atoms with Crippen LogP contribution in [0.5, 0.6) is 0 Å². The Morgan fingerprint density at radius 1 is 1.26 bits per heavy atom. The smallest absolute Gasteiger partial charge is 0.137 e. The molecule has 0 radical (unpaired) electrons. The lowest BCUT2D eigenvalue weighted by atomic mass is 9.99. The van der Waals surface area contributed by atoms with E-state index in [2.05, 4.69) is 44.8 Å². The fourth-order valence-electron chi connectivity index (χ4n) is 2.85. The first-order valence-corrected chi connectivity index (χ1v) is 7.09. The van der Waals surface area contributed by atoms with Gasteiger partial charge in [-0.25, -0.2) is 4.98 Å². The summed E-state index contributed by atoms with van der Waals surface area (Å²) < 4.78 is 0. The minimum absolute atomic E-state index is 0.488. The number of nitrogens with zero attached hydrogens (tertiary/aromatic N) is 2. The van der Waals surface area contributed by atoms with Crippen molar-refractivity contribution < 1.29 is 0 Å². The summed E-state index contributed by atoms with van der Waals surface area (Å²) in [5.41, 5.74) is 3.00. The van der Waals surface area contributed by atoms with Crippen LogP contribution in [0.2, 0.25) is 0 Å². The third kappa shape index (κ3) is 3.01. The molecule has 2 N–H and O–H groups in total. The highest BCUT2D eigenvalue weighted by Crippen LogP contribution is 2.28. The first-order chi connectivity index (χ1) is 9.43. The van der Waals surface area contributed by atoms with Crippen molar-refractivity contribution in [1.82, 2.24) is 20.5 Å². The second kappa shape index (κ2) is 5.97. The van der Waals surface area contributed by atoms with Gasteiger partial charge in [0.25, 0.3) is 0 Å². The van der Waals surface area contributed by atoms with Crippen molar-refractivity contribution in [3.63, 3.8) is 0 Å². The van der Waals surface area contributed by atoms with Crippen LogP contribution in [-0.4, -0.2) is 21.7 Å². The zero-order valence-corrected chi connectivity index (χ0v) is 11.1. The van der Waals surface area contributed by atoms with E-state index in [4.69, 9.17) is 0 Å². The fourth-order valence-corrected chi connectivity index (χ4v) is 2.85. The van der Waals surface area contributed by atoms with Gasteiger partial charge in [-0.2, -0.15) is 5.10 Å². The molecule has 0 aliphatic heterocycles. The van der Waals surface area contributed by atoms with Crippen molar-refractivity contribution in [2.75, 3.05) is 6.54 Å². The Morgan fingerprint density at radius 3 is 3.11 bits per heavy atom. The van der Waals surface area contributed by atoms with Gasteiger partial charge in [0.15, 0.2) is 0 Å². The topological polar surface area (TPSA) is 53.6 Å². The van der Waals surface area contributed by atoms with Gasteiger partial charge in [-0.15, -0.1) is 0 Å². The lowest BCUT2D eigenvalue weighted by Crippen LogP contribution is -2.24. The van der Waals surface area contributed by atoms with Gasteiger partial charge < -0.3 is 5.32 Å². The van der Waals surface area contributed by atoms with Crippen molar-refractivity contribution in [3.8, 4) is 0 Å². The summed E-state index contributed by atoms with van der Waals surface area (Å²) >= 11 is 0. The molecule has 1 aromatic heterocycles. The fraction of sp³-hybridized carbons (Fsp3) is 0.467. The van der Waals surface area contributed by atoms with Gasteiger partial charge >= 0.3 is 0 Å². The standard InChI is InChI=1S/C15H20N4/c1-3-7-13-12(5-1)6-2-4-8-14(13)16-10-9-15-17-11-18-19-15/h1,3,5,7,11,14,16H,2,4,6,8-10H2,(H,17,18,19). The highest BCUT2D eigenvalue weighted by atomic mass is 15.2. The predicted octanol–water partition coefficient (Wildman–Crippen LogP) is 2.40. The number of benzene rings is 1. The molecule has 0 saturated carbocycles. The molecule has 1 aromatic carbocycles. The summed E-state index contributed by atoms with van der Waals surface area (Å²) in [5, 5.41) is 10.4. The van der Waals surface area contributed by atoms with Crippen LogP contribution in [0, 0.1) is 0 Å². The van der Waals surface area contributed by atoms with Crippen LogP contribution in [-0.2, 0) is 12.8 Å². The average molecular weight is 256 g/mol. The quantitative estimate of drug-likeness (QED) is 0.826. The monoisotopic (exact) mass is 256 g/mol. The van der Waals surface area contributed by atoms with E-state index in [1.807, 2.05) is 0 Å². The number of aromatic nitrogens is 3. The molecule has 0 saturated heterocycles. The third-order valence-electron chi connectivity index (χ3n) is 3.84. The highest BCUT2D eigenvalue weighted by molar-refractivity contribution is 5.31. The van der Waals surface area contributed by atoms with Crippen molar-refractivity contribution in [1.29, 1.82) is 0 Å². The van der Waals surface area contributed by atoms with E-state index in [-0.39, 0.29) is 0 Å². The lowest BCUT2D eigenvalue weighted by molar-refractivity contribution is 0.490. The van der Waals surface area contributed by atoms with E-state index < -0.39 is 0 Å². The van der Waals surface area contributed by atoms with Gasteiger partial charge in [0, 0.05) is 19.0 Å². The molecule has 1 aliphatic rings. The second-order valence-electron chi connectivity index (χ2n) is 5.13. The van der Waals surface area contributed by atoms with Crippen molar-refractivity contribution in [3.05, 3.63) is 47.5 Å². The zero-order chi connectivity index (χ0) is 12.9. The molecule has 1 unspecified atom stereocenters. The highest BCUT2D eigenvalue weighted by Gasteiger charge is 2.17. The molecule has 100 valence electrons. The van der Waals surface area contributed by atoms with E-state index in [1.165, 1.54) is 36.8 Å². The minimum atomic E-state index is 0.488. The normalized spacial score (nSPS) is 18.8. The van der Waals surface area contributed by atoms with Gasteiger partial charge in [0.2, 0.25) is 0 Å². The molecule has 4 nitrogen and oxygen atoms in total. The van der Waals surface area contributed by atoms with Crippen molar-refractivity contribution in [2.45, 2.75) is 38.1 Å². The summed E-state index contributed by atoms with van der Waals surface area (Å²) in [6.07, 6.45) is 7.52. The maximum atomic E-state index is 4.16. The Morgan fingerprint density at radius 2 is 2.21 bits per heavy atom. The Balaban J connectivity index is 1.63. The largest absolute Gasteiger partial charge is 0.309 e. The maximum absolute atomic E-state index is 4.16. The van der Waals surface area contributed by atoms with Crippen LogP contribution in [0.15, 0.2) is 30.6 Å². The number of H-pyrrole nitrogens is 1. The number of rotatable bonds is 4. The van der Waals surface area contributed by atoms with E-state index in [0.717, 1.165) is 18.8 Å². The first-order valence-electron chi connectivity index (χ1n) is 7.09. The van der Waals surface area contributed by atoms with E-state index in [0.29, 0.717) is 6.04 Å². The molecule has 3 rings (SSSR count). The van der Waals surface area contributed by atoms with Gasteiger partial charge in [0.1, 0.15) is 12.2 Å². The summed E-state index contributed by atoms with van der Waals surface area (Å²) in [6.45, 7) is 0.939. The molecule has 0 bridgehead atoms. The van der Waals surface area contributed by atoms with Crippen LogP contribution in [0.25, 0.3) is 0 Å². The molecular formula is C15H20N4. The summed E-state index contributed by atoms with van der Waals surface area (Å²) in [7, 11) is 0. The number of aromatic amines is 1. The number of nitrogens with one attached hydrogen (secondary N) is 2. The van der Waals surface area contributed by atoms with Gasteiger partial charge in [-0.1, -0.05) is 30.7 Å². The SMILES string of the molecule is c1ccc2c(c1)CCCCC2NCCc1ncn[nH]1. The van der Waals surface area contributed by atoms with Crippen molar-refractivity contribution >= 4 is 0 Å². The molecule has 2 aromatic rings. The van der Waals surface area contributed by atoms with E-state index in [9.17, 15) is 0 Å². The van der Waals surface area contributed by atoms with E-state index >= 15 is 0 Å². The molecule has 1 heterocycles. The van der Waals surface area contributed by atoms with Crippen LogP contribution < -0.4 is 5.32 Å². The van der Waals surface area contributed by atoms with Gasteiger partial charge in [-0.05, 0) is 30.4 Å². The zero-order valence-electron chi connectivity index (χ0n) is 11.1. The third-order valence-corrected chi connectivity index (χ3v) is 3.84. The number of hydrogen-bond donors (Lipinski definition) is 2. The average Bonchev–Trinajstić information content (AvgIpc) is 2.87. The van der Waals surface area contributed by atoms with Crippen LogP contribution >= 0.6 is 0 Å². The molecule has 4 heteroatoms. The molecule has 0 fully saturated rings. The second-order valence-corrected chi connectivity index (χ2v) is 5.13. The maximum Gasteiger partial charge on any atom is 0.137 e. The Labute approximate surface area is 113 Å². The van der Waals surface area contributed by atoms with Crippen LogP contribution in [0.3, 0.4) is 0 Å². The van der Waals surface area contributed by atoms with E-state index in [1.54, 1.807) is 6.33 Å². The summed E-state index contributed by atoms with van der Waals surface area (Å²) in [5.74, 6) is 0.953. The Bertz CT molecular complexity index is 507. The first kappa shape index (κ1) is 12.4. The van der Waals surface area contributed by atoms with Crippen molar-refractivity contribution in [2.24, 2.45) is 0 Å². The molecule has 1 atom stereocenters. The molecule has 19 heavy (non-hydrogen) atoms. The van der Waals surface area contributed by atoms with Crippen LogP contribution in [0.1, 0.15) is 42.3 Å². The molecular weight excluding hydrogens is 236 g/mol. The minimum Gasteiger partial charge on any atom is -0.309 e. The molecule has 0 amide bonds. The Hall–Kier alpha value is -1.68. The lowest BCUT2D eigenvalue weighted by Gasteiger charge is -2.19. The summed E-state index contributed by atoms with van der Waals surface area (Å²) in [4.78, 5) is 4.16. The predicted molar refractivity (Wildman–Crippen MR) is 74.8 cm³/mol. The molecule has 0 spiro atoms. The van der Waals surface area contributed by atoms with Gasteiger partial charge in [0.05, 0.1) is 0 Å². The summed E-state index contributed by atoms with van der Waals surface area (Å²) in [6, 6.07) is 9.32. The molecule has 1 aliphatic carbocycles. The van der Waals surface area contributed by atoms with Crippen LogP contribution in [0.4, 0.5) is 0 Å². The number of aryl methyl sites for hydroxylation is 1. The van der Waals surface area contributed by atoms with Gasteiger partial charge in [-0.3, -0.25) is 5.10 Å². The number of fused-ring (bicyclic) bond motifs is 1.